The van der Waals surface area contributed by atoms with Crippen molar-refractivity contribution in [3.8, 4) is 11.5 Å². The number of hydrogen-bond donors (Lipinski definition) is 1. The second-order valence-corrected chi connectivity index (χ2v) is 6.95. The lowest BCUT2D eigenvalue weighted by molar-refractivity contribution is 0.0637. The molecule has 0 saturated carbocycles. The molecule has 0 spiro atoms. The molecule has 6 heteroatoms. The summed E-state index contributed by atoms with van der Waals surface area (Å²) in [6, 6.07) is 18.0. The first-order valence-corrected chi connectivity index (χ1v) is 9.42. The van der Waals surface area contributed by atoms with Crippen molar-refractivity contribution < 1.29 is 9.47 Å². The molecular formula is C22H24N4O2. The van der Waals surface area contributed by atoms with Crippen molar-refractivity contribution in [1.82, 2.24) is 14.9 Å². The van der Waals surface area contributed by atoms with Crippen molar-refractivity contribution in [3.05, 3.63) is 78.1 Å². The fourth-order valence-electron chi connectivity index (χ4n) is 3.18. The summed E-state index contributed by atoms with van der Waals surface area (Å²) in [6.45, 7) is 2.78. The van der Waals surface area contributed by atoms with Gasteiger partial charge in [0.15, 0.2) is 11.5 Å². The second kappa shape index (κ2) is 8.71. The van der Waals surface area contributed by atoms with Gasteiger partial charge in [-0.2, -0.15) is 0 Å². The van der Waals surface area contributed by atoms with Crippen LogP contribution in [0, 0.1) is 0 Å². The highest BCUT2D eigenvalue weighted by Gasteiger charge is 2.21. The summed E-state index contributed by atoms with van der Waals surface area (Å²) in [5, 5.41) is 3.24. The number of rotatable bonds is 7. The molecule has 4 rings (SSSR count). The van der Waals surface area contributed by atoms with Crippen molar-refractivity contribution in [2.24, 2.45) is 0 Å². The summed E-state index contributed by atoms with van der Waals surface area (Å²) in [4.78, 5) is 11.0. The molecule has 2 aromatic carbocycles. The first-order valence-electron chi connectivity index (χ1n) is 9.42. The van der Waals surface area contributed by atoms with Crippen LogP contribution in [-0.4, -0.2) is 41.2 Å². The highest BCUT2D eigenvalue weighted by atomic mass is 16.6. The largest absolute Gasteiger partial charge is 0.486 e. The third kappa shape index (κ3) is 4.78. The first kappa shape index (κ1) is 18.3. The zero-order chi connectivity index (χ0) is 19.2. The van der Waals surface area contributed by atoms with Gasteiger partial charge in [-0.15, -0.1) is 0 Å². The lowest BCUT2D eigenvalue weighted by atomic mass is 10.2. The van der Waals surface area contributed by atoms with Crippen LogP contribution >= 0.6 is 0 Å². The van der Waals surface area contributed by atoms with E-state index in [4.69, 9.17) is 9.47 Å². The molecule has 0 amide bonds. The van der Waals surface area contributed by atoms with Crippen LogP contribution in [0.3, 0.4) is 0 Å². The lowest BCUT2D eigenvalue weighted by Crippen LogP contribution is -2.39. The Labute approximate surface area is 165 Å². The van der Waals surface area contributed by atoms with Gasteiger partial charge in [0.2, 0.25) is 5.95 Å². The highest BCUT2D eigenvalue weighted by Crippen LogP contribution is 2.31. The van der Waals surface area contributed by atoms with Crippen molar-refractivity contribution >= 4 is 5.95 Å². The first-order chi connectivity index (χ1) is 13.8. The van der Waals surface area contributed by atoms with E-state index < -0.39 is 0 Å². The molecule has 1 atom stereocenters. The Balaban J connectivity index is 1.26. The molecule has 2 heterocycles. The number of nitrogens with one attached hydrogen (secondary N) is 1. The zero-order valence-corrected chi connectivity index (χ0v) is 15.9. The summed E-state index contributed by atoms with van der Waals surface area (Å²) in [5.74, 6) is 2.26. The van der Waals surface area contributed by atoms with E-state index in [9.17, 15) is 0 Å². The summed E-state index contributed by atoms with van der Waals surface area (Å²) in [6.07, 6.45) is 3.74. The molecule has 0 bridgehead atoms. The molecule has 1 N–H and O–H groups in total. The molecule has 0 fully saturated rings. The molecule has 0 aliphatic carbocycles. The molecule has 3 aromatic rings. The van der Waals surface area contributed by atoms with Crippen LogP contribution in [0.25, 0.3) is 0 Å². The van der Waals surface area contributed by atoms with E-state index in [1.165, 1.54) is 5.56 Å². The smallest absolute Gasteiger partial charge is 0.222 e. The lowest BCUT2D eigenvalue weighted by Gasteiger charge is -2.29. The molecule has 1 aromatic heterocycles. The quantitative estimate of drug-likeness (QED) is 0.682. The van der Waals surface area contributed by atoms with Crippen LogP contribution in [0.1, 0.15) is 11.1 Å². The number of fused-ring (bicyclic) bond motifs is 1. The highest BCUT2D eigenvalue weighted by molar-refractivity contribution is 5.40. The summed E-state index contributed by atoms with van der Waals surface area (Å²) >= 11 is 0. The van der Waals surface area contributed by atoms with Crippen molar-refractivity contribution in [2.75, 3.05) is 25.5 Å². The number of anilines is 1. The summed E-state index contributed by atoms with van der Waals surface area (Å²) < 4.78 is 11.8. The third-order valence-corrected chi connectivity index (χ3v) is 4.53. The van der Waals surface area contributed by atoms with Crippen molar-refractivity contribution in [3.63, 3.8) is 0 Å². The summed E-state index contributed by atoms with van der Waals surface area (Å²) in [5.41, 5.74) is 2.26. The molecule has 6 nitrogen and oxygen atoms in total. The minimum atomic E-state index is 0.00707. The Kier molecular flexibility index (Phi) is 5.68. The fraction of sp³-hybridized carbons (Fsp3) is 0.273. The number of benzene rings is 2. The number of nitrogens with zero attached hydrogens (tertiary/aromatic N) is 3. The van der Waals surface area contributed by atoms with Gasteiger partial charge in [0.05, 0.1) is 0 Å². The van der Waals surface area contributed by atoms with Crippen molar-refractivity contribution in [2.45, 2.75) is 19.2 Å². The molecule has 28 heavy (non-hydrogen) atoms. The minimum Gasteiger partial charge on any atom is -0.486 e. The zero-order valence-electron chi connectivity index (χ0n) is 15.9. The topological polar surface area (TPSA) is 59.5 Å². The molecule has 1 aliphatic heterocycles. The molecule has 1 unspecified atom stereocenters. The monoisotopic (exact) mass is 376 g/mol. The predicted octanol–water partition coefficient (Wildman–Crippen LogP) is 3.36. The Hall–Kier alpha value is -3.12. The van der Waals surface area contributed by atoms with Gasteiger partial charge in [0.25, 0.3) is 0 Å². The standard InChI is InChI=1S/C22H24N4O2/c1-26(15-19-16-27-20-9-5-6-10-21(20)28-19)14-18-12-24-22(25-13-18)23-11-17-7-3-2-4-8-17/h2-10,12-13,19H,11,14-16H2,1H3,(H,23,24,25). The van der Waals surface area contributed by atoms with E-state index in [2.05, 4.69) is 39.4 Å². The number of likely N-dealkylation sites (N-methyl/N-ethyl adjacent to an activating group) is 1. The number of ether oxygens (including phenoxy) is 2. The normalized spacial score (nSPS) is 15.4. The van der Waals surface area contributed by atoms with Gasteiger partial charge in [-0.05, 0) is 24.7 Å². The van der Waals surface area contributed by atoms with Gasteiger partial charge < -0.3 is 14.8 Å². The third-order valence-electron chi connectivity index (χ3n) is 4.53. The van der Waals surface area contributed by atoms with Crippen LogP contribution < -0.4 is 14.8 Å². The summed E-state index contributed by atoms with van der Waals surface area (Å²) in [7, 11) is 2.06. The number of hydrogen-bond acceptors (Lipinski definition) is 6. The van der Waals surface area contributed by atoms with Gasteiger partial charge in [0, 0.05) is 37.6 Å². The van der Waals surface area contributed by atoms with Crippen LogP contribution in [0.15, 0.2) is 67.0 Å². The van der Waals surface area contributed by atoms with E-state index in [0.717, 1.165) is 30.2 Å². The van der Waals surface area contributed by atoms with E-state index in [1.807, 2.05) is 54.9 Å². The minimum absolute atomic E-state index is 0.00707. The Morgan fingerprint density at radius 3 is 2.46 bits per heavy atom. The average Bonchev–Trinajstić information content (AvgIpc) is 2.74. The predicted molar refractivity (Wildman–Crippen MR) is 108 cm³/mol. The maximum Gasteiger partial charge on any atom is 0.222 e. The average molecular weight is 376 g/mol. The molecule has 144 valence electrons. The second-order valence-electron chi connectivity index (χ2n) is 6.95. The fourth-order valence-corrected chi connectivity index (χ4v) is 3.18. The van der Waals surface area contributed by atoms with Gasteiger partial charge in [-0.3, -0.25) is 4.90 Å². The molecule has 0 radical (unpaired) electrons. The van der Waals surface area contributed by atoms with Crippen LogP contribution in [0.2, 0.25) is 0 Å². The number of aromatic nitrogens is 2. The Bertz CT molecular complexity index is 887. The molecule has 1 aliphatic rings. The molecular weight excluding hydrogens is 352 g/mol. The number of para-hydroxylation sites is 2. The van der Waals surface area contributed by atoms with Gasteiger partial charge >= 0.3 is 0 Å². The van der Waals surface area contributed by atoms with E-state index in [0.29, 0.717) is 19.1 Å². The van der Waals surface area contributed by atoms with Crippen LogP contribution in [0.4, 0.5) is 5.95 Å². The Morgan fingerprint density at radius 2 is 1.68 bits per heavy atom. The maximum atomic E-state index is 6.03. The van der Waals surface area contributed by atoms with E-state index in [1.54, 1.807) is 0 Å². The van der Waals surface area contributed by atoms with E-state index >= 15 is 0 Å². The SMILES string of the molecule is CN(Cc1cnc(NCc2ccccc2)nc1)CC1COc2ccccc2O1. The van der Waals surface area contributed by atoms with E-state index in [-0.39, 0.29) is 6.10 Å². The molecule has 0 saturated heterocycles. The van der Waals surface area contributed by atoms with Gasteiger partial charge in [-0.25, -0.2) is 9.97 Å². The van der Waals surface area contributed by atoms with Crippen LogP contribution in [0.5, 0.6) is 11.5 Å². The van der Waals surface area contributed by atoms with Crippen molar-refractivity contribution in [1.29, 1.82) is 0 Å². The van der Waals surface area contributed by atoms with Gasteiger partial charge in [-0.1, -0.05) is 42.5 Å². The van der Waals surface area contributed by atoms with Gasteiger partial charge in [0.1, 0.15) is 12.7 Å². The van der Waals surface area contributed by atoms with Crippen LogP contribution in [-0.2, 0) is 13.1 Å². The maximum absolute atomic E-state index is 6.03. The Morgan fingerprint density at radius 1 is 0.964 bits per heavy atom.